The summed E-state index contributed by atoms with van der Waals surface area (Å²) < 4.78 is 12.0. The van der Waals surface area contributed by atoms with Crippen molar-refractivity contribution in [1.29, 1.82) is 0 Å². The molecule has 1 N–H and O–H groups in total. The van der Waals surface area contributed by atoms with Crippen LogP contribution in [0, 0.1) is 6.92 Å². The molecular formula is C28H25ClN2O4S2. The molecule has 0 spiro atoms. The molecule has 0 aliphatic carbocycles. The first-order chi connectivity index (χ1) is 17.8. The molecule has 4 rings (SSSR count). The number of thiocarbonyl (C=S) groups is 1. The number of carbonyl (C=O) groups excluding carboxylic acids is 2. The molecule has 0 atom stereocenters. The van der Waals surface area contributed by atoms with Crippen LogP contribution in [0.1, 0.15) is 23.6 Å². The molecule has 9 heteroatoms. The van der Waals surface area contributed by atoms with Gasteiger partial charge in [0.1, 0.15) is 4.32 Å². The topological polar surface area (TPSA) is 67.9 Å². The maximum atomic E-state index is 13.0. The van der Waals surface area contributed by atoms with E-state index in [0.717, 1.165) is 16.7 Å². The predicted octanol–water partition coefficient (Wildman–Crippen LogP) is 6.47. The van der Waals surface area contributed by atoms with Crippen molar-refractivity contribution in [2.45, 2.75) is 20.4 Å². The van der Waals surface area contributed by atoms with Crippen molar-refractivity contribution in [1.82, 2.24) is 4.90 Å². The fourth-order valence-corrected chi connectivity index (χ4v) is 5.00. The molecule has 6 nitrogen and oxygen atoms in total. The standard InChI is InChI=1S/C28H25ClN2O4S2/c1-3-34-24-13-20(14-25-27(33)31(28(36)37-25)16-19-7-5-4-6-8-19)10-12-23(24)35-17-26(32)30-21-11-9-18(2)22(29)15-21/h4-15H,3,16-17H2,1-2H3,(H,30,32)/b25-14-. The number of benzene rings is 3. The third-order valence-corrected chi connectivity index (χ3v) is 7.22. The Morgan fingerprint density at radius 2 is 1.86 bits per heavy atom. The van der Waals surface area contributed by atoms with Crippen LogP contribution in [0.2, 0.25) is 5.02 Å². The number of ether oxygens (including phenoxy) is 2. The minimum atomic E-state index is -0.325. The van der Waals surface area contributed by atoms with Gasteiger partial charge in [0.2, 0.25) is 0 Å². The summed E-state index contributed by atoms with van der Waals surface area (Å²) in [5.74, 6) is 0.438. The molecule has 190 valence electrons. The summed E-state index contributed by atoms with van der Waals surface area (Å²) in [6, 6.07) is 20.3. The highest BCUT2D eigenvalue weighted by atomic mass is 35.5. The number of hydrogen-bond acceptors (Lipinski definition) is 6. The zero-order valence-corrected chi connectivity index (χ0v) is 22.7. The summed E-state index contributed by atoms with van der Waals surface area (Å²) in [5.41, 5.74) is 3.29. The molecule has 0 aromatic heterocycles. The van der Waals surface area contributed by atoms with Crippen molar-refractivity contribution in [3.63, 3.8) is 0 Å². The first-order valence-corrected chi connectivity index (χ1v) is 13.2. The van der Waals surface area contributed by atoms with E-state index < -0.39 is 0 Å². The second-order valence-corrected chi connectivity index (χ2v) is 10.3. The average molecular weight is 553 g/mol. The zero-order chi connectivity index (χ0) is 26.4. The Morgan fingerprint density at radius 3 is 2.59 bits per heavy atom. The number of thioether (sulfide) groups is 1. The van der Waals surface area contributed by atoms with E-state index in [4.69, 9.17) is 33.3 Å². The lowest BCUT2D eigenvalue weighted by Crippen LogP contribution is -2.27. The Balaban J connectivity index is 1.43. The molecule has 37 heavy (non-hydrogen) atoms. The first kappa shape index (κ1) is 26.7. The molecule has 0 bridgehead atoms. The quantitative estimate of drug-likeness (QED) is 0.242. The molecular weight excluding hydrogens is 528 g/mol. The van der Waals surface area contributed by atoms with Gasteiger partial charge in [-0.05, 0) is 60.9 Å². The number of anilines is 1. The third-order valence-electron chi connectivity index (χ3n) is 5.44. The number of rotatable bonds is 9. The van der Waals surface area contributed by atoms with Crippen LogP contribution >= 0.6 is 35.6 Å². The molecule has 0 saturated carbocycles. The van der Waals surface area contributed by atoms with Crippen molar-refractivity contribution in [3.8, 4) is 11.5 Å². The highest BCUT2D eigenvalue weighted by Gasteiger charge is 2.32. The van der Waals surface area contributed by atoms with Crippen LogP contribution in [0.15, 0.2) is 71.6 Å². The Hall–Kier alpha value is -3.33. The number of carbonyl (C=O) groups is 2. The number of nitrogens with one attached hydrogen (secondary N) is 1. The molecule has 0 radical (unpaired) electrons. The van der Waals surface area contributed by atoms with Crippen molar-refractivity contribution < 1.29 is 19.1 Å². The van der Waals surface area contributed by atoms with Crippen molar-refractivity contribution >= 4 is 63.5 Å². The molecule has 2 amide bonds. The second kappa shape index (κ2) is 12.3. The molecule has 3 aromatic carbocycles. The zero-order valence-electron chi connectivity index (χ0n) is 20.3. The smallest absolute Gasteiger partial charge is 0.266 e. The van der Waals surface area contributed by atoms with E-state index in [2.05, 4.69) is 5.32 Å². The summed E-state index contributed by atoms with van der Waals surface area (Å²) in [4.78, 5) is 27.5. The molecule has 1 heterocycles. The van der Waals surface area contributed by atoms with Gasteiger partial charge in [0, 0.05) is 10.7 Å². The van der Waals surface area contributed by atoms with E-state index in [9.17, 15) is 9.59 Å². The number of aryl methyl sites for hydroxylation is 1. The summed E-state index contributed by atoms with van der Waals surface area (Å²) >= 11 is 12.9. The maximum Gasteiger partial charge on any atom is 0.266 e. The van der Waals surface area contributed by atoms with Gasteiger partial charge in [0.25, 0.3) is 11.8 Å². The second-order valence-electron chi connectivity index (χ2n) is 8.19. The first-order valence-electron chi connectivity index (χ1n) is 11.6. The van der Waals surface area contributed by atoms with Crippen LogP contribution in [-0.4, -0.2) is 34.2 Å². The number of hydrogen-bond donors (Lipinski definition) is 1. The average Bonchev–Trinajstić information content (AvgIpc) is 3.14. The molecule has 1 aliphatic rings. The number of nitrogens with zero attached hydrogens (tertiary/aromatic N) is 1. The SMILES string of the molecule is CCOc1cc(/C=C2\SC(=S)N(Cc3ccccc3)C2=O)ccc1OCC(=O)Nc1ccc(C)c(Cl)c1. The monoisotopic (exact) mass is 552 g/mol. The third kappa shape index (κ3) is 6.91. The van der Waals surface area contributed by atoms with Gasteiger partial charge in [-0.2, -0.15) is 0 Å². The molecule has 1 fully saturated rings. The number of halogens is 1. The predicted molar refractivity (Wildman–Crippen MR) is 153 cm³/mol. The summed E-state index contributed by atoms with van der Waals surface area (Å²) in [6.45, 7) is 4.38. The fourth-order valence-electron chi connectivity index (χ4n) is 3.57. The summed E-state index contributed by atoms with van der Waals surface area (Å²) in [6.07, 6.45) is 1.78. The van der Waals surface area contributed by atoms with Crippen LogP contribution in [0.3, 0.4) is 0 Å². The lowest BCUT2D eigenvalue weighted by atomic mass is 10.1. The molecule has 0 unspecified atom stereocenters. The van der Waals surface area contributed by atoms with Gasteiger partial charge in [0.05, 0.1) is 18.1 Å². The van der Waals surface area contributed by atoms with E-state index >= 15 is 0 Å². The highest BCUT2D eigenvalue weighted by molar-refractivity contribution is 8.26. The molecule has 1 aliphatic heterocycles. The van der Waals surface area contributed by atoms with Gasteiger partial charge in [-0.15, -0.1) is 0 Å². The maximum absolute atomic E-state index is 13.0. The van der Waals surface area contributed by atoms with Crippen LogP contribution in [-0.2, 0) is 16.1 Å². The minimum absolute atomic E-state index is 0.134. The van der Waals surface area contributed by atoms with E-state index in [1.54, 1.807) is 41.3 Å². The van der Waals surface area contributed by atoms with Crippen LogP contribution < -0.4 is 14.8 Å². The largest absolute Gasteiger partial charge is 0.490 e. The van der Waals surface area contributed by atoms with Gasteiger partial charge in [-0.1, -0.05) is 78.0 Å². The van der Waals surface area contributed by atoms with Gasteiger partial charge >= 0.3 is 0 Å². The Morgan fingerprint density at radius 1 is 1.08 bits per heavy atom. The molecule has 3 aromatic rings. The normalized spacial score (nSPS) is 14.2. The van der Waals surface area contributed by atoms with Crippen LogP contribution in [0.5, 0.6) is 11.5 Å². The summed E-state index contributed by atoms with van der Waals surface area (Å²) in [7, 11) is 0. The van der Waals surface area contributed by atoms with Gasteiger partial charge in [-0.25, -0.2) is 0 Å². The lowest BCUT2D eigenvalue weighted by molar-refractivity contribution is -0.122. The Bertz CT molecular complexity index is 1360. The van der Waals surface area contributed by atoms with Crippen molar-refractivity contribution in [3.05, 3.63) is 93.3 Å². The van der Waals surface area contributed by atoms with E-state index in [-0.39, 0.29) is 18.4 Å². The van der Waals surface area contributed by atoms with E-state index in [1.807, 2.05) is 50.2 Å². The van der Waals surface area contributed by atoms with E-state index in [1.165, 1.54) is 11.8 Å². The van der Waals surface area contributed by atoms with Crippen LogP contribution in [0.25, 0.3) is 6.08 Å². The molecule has 1 saturated heterocycles. The van der Waals surface area contributed by atoms with Gasteiger partial charge in [0.15, 0.2) is 18.1 Å². The minimum Gasteiger partial charge on any atom is -0.490 e. The lowest BCUT2D eigenvalue weighted by Gasteiger charge is -2.14. The Labute approximate surface area is 230 Å². The van der Waals surface area contributed by atoms with Gasteiger partial charge in [-0.3, -0.25) is 14.5 Å². The van der Waals surface area contributed by atoms with E-state index in [0.29, 0.717) is 44.6 Å². The Kier molecular flexibility index (Phi) is 8.87. The fraction of sp³-hybridized carbons (Fsp3) is 0.179. The highest BCUT2D eigenvalue weighted by Crippen LogP contribution is 2.35. The van der Waals surface area contributed by atoms with Gasteiger partial charge < -0.3 is 14.8 Å². The summed E-state index contributed by atoms with van der Waals surface area (Å²) in [5, 5.41) is 3.34. The number of amides is 2. The van der Waals surface area contributed by atoms with Crippen molar-refractivity contribution in [2.24, 2.45) is 0 Å². The van der Waals surface area contributed by atoms with Crippen molar-refractivity contribution in [2.75, 3.05) is 18.5 Å². The van der Waals surface area contributed by atoms with Crippen LogP contribution in [0.4, 0.5) is 5.69 Å².